The van der Waals surface area contributed by atoms with E-state index in [1.54, 1.807) is 0 Å². The van der Waals surface area contributed by atoms with Gasteiger partial charge in [0.2, 0.25) is 0 Å². The molecule has 104 valence electrons. The largest absolute Gasteiger partial charge is 0.376 e. The highest BCUT2D eigenvalue weighted by atomic mass is 32.1. The summed E-state index contributed by atoms with van der Waals surface area (Å²) in [4.78, 5) is 7.96. The van der Waals surface area contributed by atoms with Crippen LogP contribution in [0.3, 0.4) is 0 Å². The second kappa shape index (κ2) is 5.46. The van der Waals surface area contributed by atoms with Gasteiger partial charge in [0.1, 0.15) is 10.5 Å². The zero-order chi connectivity index (χ0) is 14.1. The number of hydrogen-bond acceptors (Lipinski definition) is 3. The van der Waals surface area contributed by atoms with E-state index in [0.717, 1.165) is 30.8 Å². The van der Waals surface area contributed by atoms with Gasteiger partial charge in [0.05, 0.1) is 13.2 Å². The van der Waals surface area contributed by atoms with Crippen LogP contribution in [0.2, 0.25) is 0 Å². The maximum atomic E-state index is 5.44. The number of ether oxygens (including phenoxy) is 1. The smallest absolute Gasteiger partial charge is 0.135 e. The Labute approximate surface area is 124 Å². The lowest BCUT2D eigenvalue weighted by molar-refractivity contribution is 0.108. The van der Waals surface area contributed by atoms with Crippen LogP contribution in [0.1, 0.15) is 33.8 Å². The zero-order valence-corrected chi connectivity index (χ0v) is 12.6. The fourth-order valence-corrected chi connectivity index (χ4v) is 3.05. The van der Waals surface area contributed by atoms with Gasteiger partial charge < -0.3 is 9.72 Å². The van der Waals surface area contributed by atoms with Gasteiger partial charge in [-0.05, 0) is 19.4 Å². The molecule has 1 aliphatic heterocycles. The Morgan fingerprint density at radius 1 is 1.25 bits per heavy atom. The number of aryl methyl sites for hydroxylation is 2. The third-order valence-electron chi connectivity index (χ3n) is 3.55. The van der Waals surface area contributed by atoms with Crippen LogP contribution in [0.25, 0.3) is 0 Å². The van der Waals surface area contributed by atoms with Crippen molar-refractivity contribution in [2.45, 2.75) is 33.3 Å². The number of fused-ring (bicyclic) bond motifs is 1. The maximum absolute atomic E-state index is 5.44. The first-order valence-corrected chi connectivity index (χ1v) is 7.28. The van der Waals surface area contributed by atoms with Crippen LogP contribution in [-0.4, -0.2) is 16.6 Å². The van der Waals surface area contributed by atoms with Gasteiger partial charge in [-0.2, -0.15) is 0 Å². The first-order valence-electron chi connectivity index (χ1n) is 6.87. The van der Waals surface area contributed by atoms with E-state index in [1.165, 1.54) is 22.4 Å². The van der Waals surface area contributed by atoms with Gasteiger partial charge in [0, 0.05) is 24.1 Å². The minimum atomic E-state index is 0.585. The van der Waals surface area contributed by atoms with E-state index in [4.69, 9.17) is 17.0 Å². The molecule has 20 heavy (non-hydrogen) atoms. The maximum Gasteiger partial charge on any atom is 0.135 e. The molecule has 0 unspecified atom stereocenters. The molecule has 0 fully saturated rings. The topological polar surface area (TPSA) is 37.9 Å². The van der Waals surface area contributed by atoms with E-state index in [1.807, 2.05) is 0 Å². The van der Waals surface area contributed by atoms with Crippen LogP contribution in [0.15, 0.2) is 18.2 Å². The summed E-state index contributed by atoms with van der Waals surface area (Å²) in [7, 11) is 0. The van der Waals surface area contributed by atoms with Crippen LogP contribution in [0, 0.1) is 18.5 Å². The van der Waals surface area contributed by atoms with E-state index in [0.29, 0.717) is 11.2 Å². The molecule has 1 N–H and O–H groups in total. The van der Waals surface area contributed by atoms with E-state index in [-0.39, 0.29) is 0 Å². The molecule has 1 aromatic heterocycles. The first-order chi connectivity index (χ1) is 9.61. The standard InChI is InChI=1S/C16H18N2OS/c1-10-5-11(2)7-12(6-10)8-15-17-14-3-4-19-9-13(14)16(20)18-15/h5-7H,3-4,8-9H2,1-2H3,(H,17,18,20). The molecular weight excluding hydrogens is 268 g/mol. The lowest BCUT2D eigenvalue weighted by atomic mass is 10.0. The molecule has 0 spiro atoms. The van der Waals surface area contributed by atoms with E-state index in [9.17, 15) is 0 Å². The van der Waals surface area contributed by atoms with Crippen molar-refractivity contribution in [3.63, 3.8) is 0 Å². The number of benzene rings is 1. The first kappa shape index (κ1) is 13.5. The average molecular weight is 286 g/mol. The highest BCUT2D eigenvalue weighted by Gasteiger charge is 2.13. The van der Waals surface area contributed by atoms with Crippen LogP contribution in [-0.2, 0) is 24.2 Å². The van der Waals surface area contributed by atoms with Crippen LogP contribution >= 0.6 is 12.2 Å². The van der Waals surface area contributed by atoms with Gasteiger partial charge >= 0.3 is 0 Å². The molecule has 1 aromatic carbocycles. The number of rotatable bonds is 2. The molecule has 4 heteroatoms. The Morgan fingerprint density at radius 3 is 2.75 bits per heavy atom. The minimum Gasteiger partial charge on any atom is -0.376 e. The molecule has 0 aliphatic carbocycles. The SMILES string of the molecule is Cc1cc(C)cc(Cc2nc(=S)c3c([nH]2)CCOC3)c1. The van der Waals surface area contributed by atoms with Gasteiger partial charge in [-0.3, -0.25) is 0 Å². The van der Waals surface area contributed by atoms with Crippen molar-refractivity contribution >= 4 is 12.2 Å². The zero-order valence-electron chi connectivity index (χ0n) is 11.8. The van der Waals surface area contributed by atoms with Crippen LogP contribution in [0.4, 0.5) is 0 Å². The second-order valence-corrected chi connectivity index (χ2v) is 5.81. The predicted molar refractivity (Wildman–Crippen MR) is 81.5 cm³/mol. The Hall–Kier alpha value is -1.52. The molecule has 0 bridgehead atoms. The molecule has 0 radical (unpaired) electrons. The van der Waals surface area contributed by atoms with Crippen molar-refractivity contribution in [2.75, 3.05) is 6.61 Å². The fourth-order valence-electron chi connectivity index (χ4n) is 2.76. The number of hydrogen-bond donors (Lipinski definition) is 1. The fraction of sp³-hybridized carbons (Fsp3) is 0.375. The Balaban J connectivity index is 1.95. The third kappa shape index (κ3) is 2.81. The molecule has 0 atom stereocenters. The van der Waals surface area contributed by atoms with E-state index < -0.39 is 0 Å². The molecule has 0 saturated heterocycles. The summed E-state index contributed by atoms with van der Waals surface area (Å²) in [6.45, 7) is 5.58. The van der Waals surface area contributed by atoms with Crippen molar-refractivity contribution < 1.29 is 4.74 Å². The average Bonchev–Trinajstić information content (AvgIpc) is 2.37. The third-order valence-corrected chi connectivity index (χ3v) is 3.89. The Morgan fingerprint density at radius 2 is 2.00 bits per heavy atom. The monoisotopic (exact) mass is 286 g/mol. The van der Waals surface area contributed by atoms with Crippen molar-refractivity contribution in [3.8, 4) is 0 Å². The summed E-state index contributed by atoms with van der Waals surface area (Å²) >= 11 is 5.38. The molecule has 2 aromatic rings. The highest BCUT2D eigenvalue weighted by molar-refractivity contribution is 7.71. The van der Waals surface area contributed by atoms with Crippen molar-refractivity contribution in [1.82, 2.24) is 9.97 Å². The van der Waals surface area contributed by atoms with E-state index in [2.05, 4.69) is 42.0 Å². The van der Waals surface area contributed by atoms with Gasteiger partial charge in [-0.1, -0.05) is 41.5 Å². The summed E-state index contributed by atoms with van der Waals surface area (Å²) in [6, 6.07) is 6.59. The quantitative estimate of drug-likeness (QED) is 0.860. The normalized spacial score (nSPS) is 14.1. The number of nitrogens with zero attached hydrogens (tertiary/aromatic N) is 1. The summed E-state index contributed by atoms with van der Waals surface area (Å²) in [5.41, 5.74) is 6.08. The van der Waals surface area contributed by atoms with Gasteiger partial charge in [0.15, 0.2) is 0 Å². The number of aromatic amines is 1. The predicted octanol–water partition coefficient (Wildman–Crippen LogP) is 3.42. The molecule has 3 nitrogen and oxygen atoms in total. The molecule has 0 saturated carbocycles. The van der Waals surface area contributed by atoms with Gasteiger partial charge in [-0.25, -0.2) is 4.98 Å². The number of H-pyrrole nitrogens is 1. The molecule has 0 amide bonds. The summed E-state index contributed by atoms with van der Waals surface area (Å²) < 4.78 is 6.12. The van der Waals surface area contributed by atoms with Gasteiger partial charge in [-0.15, -0.1) is 0 Å². The molecule has 1 aliphatic rings. The molecule has 2 heterocycles. The van der Waals surface area contributed by atoms with Gasteiger partial charge in [0.25, 0.3) is 0 Å². The Kier molecular flexibility index (Phi) is 3.68. The lowest BCUT2D eigenvalue weighted by Gasteiger charge is -2.17. The Bertz CT molecular complexity index is 686. The number of aromatic nitrogens is 2. The number of nitrogens with one attached hydrogen (secondary N) is 1. The summed E-state index contributed by atoms with van der Waals surface area (Å²) in [5.74, 6) is 0.945. The summed E-state index contributed by atoms with van der Waals surface area (Å²) in [5, 5.41) is 0. The highest BCUT2D eigenvalue weighted by Crippen LogP contribution is 2.17. The van der Waals surface area contributed by atoms with Crippen LogP contribution in [0.5, 0.6) is 0 Å². The second-order valence-electron chi connectivity index (χ2n) is 5.42. The van der Waals surface area contributed by atoms with Crippen LogP contribution < -0.4 is 0 Å². The van der Waals surface area contributed by atoms with Crippen molar-refractivity contribution in [2.24, 2.45) is 0 Å². The van der Waals surface area contributed by atoms with Crippen molar-refractivity contribution in [3.05, 3.63) is 56.6 Å². The molecule has 3 rings (SSSR count). The lowest BCUT2D eigenvalue weighted by Crippen LogP contribution is -2.15. The molecular formula is C16H18N2OS. The van der Waals surface area contributed by atoms with Crippen molar-refractivity contribution in [1.29, 1.82) is 0 Å². The minimum absolute atomic E-state index is 0.585. The van der Waals surface area contributed by atoms with E-state index >= 15 is 0 Å². The summed E-state index contributed by atoms with van der Waals surface area (Å²) in [6.07, 6.45) is 1.68.